The maximum Gasteiger partial charge on any atom is 1.00 e. The fourth-order valence-electron chi connectivity index (χ4n) is 0.316. The maximum atomic E-state index is 9.96. The summed E-state index contributed by atoms with van der Waals surface area (Å²) in [5, 5.41) is 2.33. The topological polar surface area (TPSA) is 101 Å². The van der Waals surface area contributed by atoms with Crippen LogP contribution in [-0.4, -0.2) is 17.8 Å². The van der Waals surface area contributed by atoms with Gasteiger partial charge in [0.1, 0.15) is 0 Å². The summed E-state index contributed by atoms with van der Waals surface area (Å²) in [4.78, 5) is 19.9. The zero-order valence-electron chi connectivity index (χ0n) is 7.07. The number of nitrogens with two attached hydrogens (primary N) is 1. The number of rotatable bonds is 3. The van der Waals surface area contributed by atoms with Crippen molar-refractivity contribution < 1.29 is 73.5 Å². The molecule has 12 heavy (non-hydrogen) atoms. The van der Waals surface area contributed by atoms with E-state index in [4.69, 9.17) is 5.73 Å². The summed E-state index contributed by atoms with van der Waals surface area (Å²) < 4.78 is 9.96. The molecule has 0 atom stereocenters. The van der Waals surface area contributed by atoms with Crippen molar-refractivity contribution in [3.63, 3.8) is 0 Å². The Morgan fingerprint density at radius 3 is 2.17 bits per heavy atom. The second-order valence-electron chi connectivity index (χ2n) is 1.63. The van der Waals surface area contributed by atoms with Crippen molar-refractivity contribution in [3.05, 3.63) is 0 Å². The molecule has 0 spiro atoms. The zero-order valence-corrected chi connectivity index (χ0v) is 12.8. The van der Waals surface area contributed by atoms with Crippen LogP contribution in [-0.2, 0) is 4.57 Å². The molecule has 0 amide bonds. The molecule has 0 bridgehead atoms. The van der Waals surface area contributed by atoms with Gasteiger partial charge in [-0.1, -0.05) is 7.60 Å². The van der Waals surface area contributed by atoms with E-state index >= 15 is 0 Å². The number of nitrogens with one attached hydrogen (secondary N) is 1. The summed E-state index contributed by atoms with van der Waals surface area (Å²) in [5.41, 5.74) is 4.95. The third-order valence-corrected chi connectivity index (χ3v) is 1.60. The second-order valence-corrected chi connectivity index (χ2v) is 3.73. The number of thiocarbonyl (C=S) groups is 1. The van der Waals surface area contributed by atoms with Crippen molar-refractivity contribution >= 4 is 24.9 Å². The predicted octanol–water partition coefficient (Wildman–Crippen LogP) is -8.26. The monoisotopic (exact) mass is 228 g/mol. The Labute approximate surface area is 121 Å². The molecule has 0 aliphatic rings. The molecule has 0 aliphatic heterocycles. The average molecular weight is 228 g/mol. The van der Waals surface area contributed by atoms with E-state index in [9.17, 15) is 14.4 Å². The van der Waals surface area contributed by atoms with Gasteiger partial charge in [-0.2, -0.15) is 0 Å². The second kappa shape index (κ2) is 9.40. The minimum Gasteiger partial charge on any atom is -0.811 e. The SMILES string of the molecule is NC(=S)NCCP(=O)([O-])[O-].[Na+].[Na+]. The normalized spacial score (nSPS) is 9.17. The Balaban J connectivity index is -0.000000405. The molecule has 0 saturated heterocycles. The molecular weight excluding hydrogens is 221 g/mol. The van der Waals surface area contributed by atoms with Crippen LogP contribution in [0.2, 0.25) is 0 Å². The summed E-state index contributed by atoms with van der Waals surface area (Å²) in [7, 11) is -4.40. The maximum absolute atomic E-state index is 9.96. The van der Waals surface area contributed by atoms with Crippen LogP contribution >= 0.6 is 19.8 Å². The van der Waals surface area contributed by atoms with Crippen LogP contribution in [0.5, 0.6) is 0 Å². The predicted molar refractivity (Wildman–Crippen MR) is 37.3 cm³/mol. The van der Waals surface area contributed by atoms with Gasteiger partial charge in [0.25, 0.3) is 0 Å². The van der Waals surface area contributed by atoms with Crippen LogP contribution in [0.25, 0.3) is 0 Å². The van der Waals surface area contributed by atoms with Crippen LogP contribution in [0.1, 0.15) is 0 Å². The first kappa shape index (κ1) is 19.4. The molecule has 0 aromatic carbocycles. The molecule has 0 unspecified atom stereocenters. The average Bonchev–Trinajstić information content (AvgIpc) is 1.59. The Hall–Kier alpha value is 1.84. The summed E-state index contributed by atoms with van der Waals surface area (Å²) in [5.74, 6) is 0. The van der Waals surface area contributed by atoms with Crippen molar-refractivity contribution in [2.45, 2.75) is 0 Å². The van der Waals surface area contributed by atoms with Gasteiger partial charge in [0.15, 0.2) is 5.11 Å². The molecule has 0 aromatic heterocycles. The summed E-state index contributed by atoms with van der Waals surface area (Å²) in [6, 6.07) is 0. The van der Waals surface area contributed by atoms with Crippen LogP contribution in [0.3, 0.4) is 0 Å². The van der Waals surface area contributed by atoms with E-state index in [-0.39, 0.29) is 70.8 Å². The molecule has 0 aromatic rings. The molecule has 5 nitrogen and oxygen atoms in total. The fourth-order valence-corrected chi connectivity index (χ4v) is 0.804. The fraction of sp³-hybridized carbons (Fsp3) is 0.667. The number of hydrogen-bond acceptors (Lipinski definition) is 4. The molecular formula is C3H7N2Na2O3PS. The Kier molecular flexibility index (Phi) is 15.2. The van der Waals surface area contributed by atoms with Crippen molar-refractivity contribution in [1.29, 1.82) is 0 Å². The molecule has 0 heterocycles. The quantitative estimate of drug-likeness (QED) is 0.282. The van der Waals surface area contributed by atoms with Gasteiger partial charge in [-0.05, 0) is 18.4 Å². The van der Waals surface area contributed by atoms with E-state index in [2.05, 4.69) is 17.5 Å². The van der Waals surface area contributed by atoms with E-state index in [0.717, 1.165) is 0 Å². The smallest absolute Gasteiger partial charge is 0.811 e. The first-order valence-electron chi connectivity index (χ1n) is 2.46. The molecule has 0 fully saturated rings. The van der Waals surface area contributed by atoms with Gasteiger partial charge in [-0.25, -0.2) is 0 Å². The molecule has 0 aliphatic carbocycles. The van der Waals surface area contributed by atoms with Gasteiger partial charge in [-0.15, -0.1) is 0 Å². The summed E-state index contributed by atoms with van der Waals surface area (Å²) in [6.07, 6.45) is -0.468. The van der Waals surface area contributed by atoms with E-state index in [1.165, 1.54) is 0 Å². The van der Waals surface area contributed by atoms with Crippen molar-refractivity contribution in [1.82, 2.24) is 5.32 Å². The van der Waals surface area contributed by atoms with Crippen LogP contribution < -0.4 is 80.0 Å². The van der Waals surface area contributed by atoms with E-state index in [1.807, 2.05) is 0 Å². The third-order valence-electron chi connectivity index (χ3n) is 0.685. The third kappa shape index (κ3) is 17.8. The van der Waals surface area contributed by atoms with Crippen molar-refractivity contribution in [2.24, 2.45) is 5.73 Å². The van der Waals surface area contributed by atoms with Gasteiger partial charge in [-0.3, -0.25) is 0 Å². The summed E-state index contributed by atoms with van der Waals surface area (Å²) >= 11 is 4.36. The largest absolute Gasteiger partial charge is 1.00 e. The van der Waals surface area contributed by atoms with E-state index in [0.29, 0.717) is 0 Å². The van der Waals surface area contributed by atoms with Gasteiger partial charge < -0.3 is 25.4 Å². The molecule has 9 heteroatoms. The zero-order chi connectivity index (χ0) is 8.20. The van der Waals surface area contributed by atoms with Crippen molar-refractivity contribution in [3.8, 4) is 0 Å². The van der Waals surface area contributed by atoms with Gasteiger partial charge >= 0.3 is 59.1 Å². The minimum atomic E-state index is -4.40. The minimum absolute atomic E-state index is 0. The Morgan fingerprint density at radius 1 is 1.50 bits per heavy atom. The van der Waals surface area contributed by atoms with Gasteiger partial charge in [0.2, 0.25) is 0 Å². The van der Waals surface area contributed by atoms with Crippen LogP contribution in [0.15, 0.2) is 0 Å². The van der Waals surface area contributed by atoms with Crippen LogP contribution in [0.4, 0.5) is 0 Å². The molecule has 0 saturated carbocycles. The standard InChI is InChI=1S/C3H9N2O3PS.2Na/c4-3(10)5-1-2-9(6,7)8;;/h1-2H2,(H3,4,5,10)(H2,6,7,8);;/q;2*+1/p-2. The van der Waals surface area contributed by atoms with Gasteiger partial charge in [0, 0.05) is 6.54 Å². The molecule has 0 rings (SSSR count). The van der Waals surface area contributed by atoms with Crippen molar-refractivity contribution in [2.75, 3.05) is 12.7 Å². The molecule has 0 radical (unpaired) electrons. The molecule has 3 N–H and O–H groups in total. The van der Waals surface area contributed by atoms with Crippen LogP contribution in [0, 0.1) is 0 Å². The summed E-state index contributed by atoms with van der Waals surface area (Å²) in [6.45, 7) is -0.0143. The first-order valence-corrected chi connectivity index (χ1v) is 4.60. The van der Waals surface area contributed by atoms with Gasteiger partial charge in [0.05, 0.1) is 0 Å². The first-order chi connectivity index (χ1) is 4.42. The van der Waals surface area contributed by atoms with E-state index < -0.39 is 13.8 Å². The van der Waals surface area contributed by atoms with E-state index in [1.54, 1.807) is 0 Å². The number of hydrogen-bond donors (Lipinski definition) is 2. The Bertz CT molecular complexity index is 175. The Morgan fingerprint density at radius 2 is 1.92 bits per heavy atom. The molecule has 60 valence electrons.